The molecule has 1 unspecified atom stereocenters. The van der Waals surface area contributed by atoms with E-state index in [2.05, 4.69) is 5.32 Å². The molecule has 4 nitrogen and oxygen atoms in total. The summed E-state index contributed by atoms with van der Waals surface area (Å²) < 4.78 is 0. The van der Waals surface area contributed by atoms with Gasteiger partial charge in [0, 0.05) is 12.6 Å². The van der Waals surface area contributed by atoms with Gasteiger partial charge in [-0.3, -0.25) is 4.79 Å². The van der Waals surface area contributed by atoms with Gasteiger partial charge in [0.15, 0.2) is 6.10 Å². The van der Waals surface area contributed by atoms with Gasteiger partial charge in [0.2, 0.25) is 0 Å². The SMILES string of the molecule is CC(CCO)NC(=O)[C@@H](O)c1ccccc1. The molecule has 2 atom stereocenters. The van der Waals surface area contributed by atoms with Crippen LogP contribution in [-0.4, -0.2) is 28.8 Å². The first-order valence-corrected chi connectivity index (χ1v) is 5.29. The lowest BCUT2D eigenvalue weighted by Gasteiger charge is -2.16. The first-order chi connectivity index (χ1) is 7.65. The molecule has 0 bridgehead atoms. The van der Waals surface area contributed by atoms with Crippen LogP contribution in [0.5, 0.6) is 0 Å². The Hall–Kier alpha value is -1.39. The highest BCUT2D eigenvalue weighted by molar-refractivity contribution is 5.82. The van der Waals surface area contributed by atoms with Crippen molar-refractivity contribution in [2.24, 2.45) is 0 Å². The summed E-state index contributed by atoms with van der Waals surface area (Å²) in [6.07, 6.45) is -0.671. The van der Waals surface area contributed by atoms with Gasteiger partial charge in [0.05, 0.1) is 0 Å². The highest BCUT2D eigenvalue weighted by Gasteiger charge is 2.18. The smallest absolute Gasteiger partial charge is 0.253 e. The predicted molar refractivity (Wildman–Crippen MR) is 60.7 cm³/mol. The zero-order valence-corrected chi connectivity index (χ0v) is 9.26. The third-order valence-corrected chi connectivity index (χ3v) is 2.31. The zero-order chi connectivity index (χ0) is 12.0. The summed E-state index contributed by atoms with van der Waals surface area (Å²) >= 11 is 0. The van der Waals surface area contributed by atoms with Crippen LogP contribution in [0.3, 0.4) is 0 Å². The van der Waals surface area contributed by atoms with Gasteiger partial charge in [-0.05, 0) is 18.9 Å². The van der Waals surface area contributed by atoms with Crippen LogP contribution in [0.25, 0.3) is 0 Å². The van der Waals surface area contributed by atoms with E-state index < -0.39 is 12.0 Å². The van der Waals surface area contributed by atoms with Gasteiger partial charge in [-0.25, -0.2) is 0 Å². The van der Waals surface area contributed by atoms with Gasteiger partial charge < -0.3 is 15.5 Å². The Morgan fingerprint density at radius 1 is 1.38 bits per heavy atom. The Kier molecular flexibility index (Phi) is 4.95. The topological polar surface area (TPSA) is 69.6 Å². The minimum absolute atomic E-state index is 0.0167. The van der Waals surface area contributed by atoms with Crippen molar-refractivity contribution in [1.82, 2.24) is 5.32 Å². The molecule has 1 rings (SSSR count). The highest BCUT2D eigenvalue weighted by atomic mass is 16.3. The molecule has 0 saturated heterocycles. The second kappa shape index (κ2) is 6.25. The van der Waals surface area contributed by atoms with Crippen molar-refractivity contribution >= 4 is 5.91 Å². The normalized spacial score (nSPS) is 14.2. The molecule has 0 radical (unpaired) electrons. The fraction of sp³-hybridized carbons (Fsp3) is 0.417. The molecule has 1 amide bonds. The van der Waals surface area contributed by atoms with Crippen LogP contribution in [0.2, 0.25) is 0 Å². The van der Waals surface area contributed by atoms with E-state index in [0.29, 0.717) is 12.0 Å². The number of hydrogen-bond acceptors (Lipinski definition) is 3. The quantitative estimate of drug-likeness (QED) is 0.685. The maximum Gasteiger partial charge on any atom is 0.253 e. The van der Waals surface area contributed by atoms with Crippen LogP contribution in [0.4, 0.5) is 0 Å². The Bertz CT molecular complexity index is 326. The van der Waals surface area contributed by atoms with Crippen LogP contribution >= 0.6 is 0 Å². The van der Waals surface area contributed by atoms with E-state index in [4.69, 9.17) is 5.11 Å². The van der Waals surface area contributed by atoms with Gasteiger partial charge in [0.25, 0.3) is 5.91 Å². The van der Waals surface area contributed by atoms with Crippen molar-refractivity contribution in [2.45, 2.75) is 25.5 Å². The van der Waals surface area contributed by atoms with Gasteiger partial charge in [0.1, 0.15) is 0 Å². The summed E-state index contributed by atoms with van der Waals surface area (Å²) in [6, 6.07) is 8.60. The number of carbonyl (C=O) groups is 1. The minimum Gasteiger partial charge on any atom is -0.396 e. The molecule has 1 aromatic rings. The van der Waals surface area contributed by atoms with Crippen molar-refractivity contribution in [3.05, 3.63) is 35.9 Å². The molecule has 0 aliphatic heterocycles. The first-order valence-electron chi connectivity index (χ1n) is 5.29. The van der Waals surface area contributed by atoms with Crippen molar-refractivity contribution in [3.63, 3.8) is 0 Å². The average molecular weight is 223 g/mol. The summed E-state index contributed by atoms with van der Waals surface area (Å²) in [5.41, 5.74) is 0.566. The average Bonchev–Trinajstić information content (AvgIpc) is 2.29. The standard InChI is InChI=1S/C12H17NO3/c1-9(7-8-14)13-12(16)11(15)10-5-3-2-4-6-10/h2-6,9,11,14-15H,7-8H2,1H3,(H,13,16)/t9?,11-/m0/s1. The van der Waals surface area contributed by atoms with Gasteiger partial charge in [-0.15, -0.1) is 0 Å². The maximum absolute atomic E-state index is 11.6. The van der Waals surface area contributed by atoms with Gasteiger partial charge in [-0.1, -0.05) is 30.3 Å². The second-order valence-corrected chi connectivity index (χ2v) is 3.74. The molecule has 1 aromatic carbocycles. The van der Waals surface area contributed by atoms with Crippen LogP contribution in [0.1, 0.15) is 25.0 Å². The van der Waals surface area contributed by atoms with Crippen LogP contribution in [-0.2, 0) is 4.79 Å². The summed E-state index contributed by atoms with van der Waals surface area (Å²) in [4.78, 5) is 11.6. The fourth-order valence-corrected chi connectivity index (χ4v) is 1.37. The molecule has 0 aliphatic rings. The molecule has 3 N–H and O–H groups in total. The molecule has 0 spiro atoms. The molecular weight excluding hydrogens is 206 g/mol. The maximum atomic E-state index is 11.6. The van der Waals surface area contributed by atoms with Gasteiger partial charge in [-0.2, -0.15) is 0 Å². The molecule has 0 heterocycles. The summed E-state index contributed by atoms with van der Waals surface area (Å²) in [5.74, 6) is -0.438. The number of hydrogen-bond donors (Lipinski definition) is 3. The van der Waals surface area contributed by atoms with E-state index in [-0.39, 0.29) is 12.6 Å². The molecule has 88 valence electrons. The molecule has 0 aromatic heterocycles. The third-order valence-electron chi connectivity index (χ3n) is 2.31. The number of rotatable bonds is 5. The number of nitrogens with one attached hydrogen (secondary N) is 1. The van der Waals surface area contributed by atoms with E-state index in [1.54, 1.807) is 31.2 Å². The van der Waals surface area contributed by atoms with Crippen LogP contribution in [0, 0.1) is 0 Å². The van der Waals surface area contributed by atoms with Crippen LogP contribution < -0.4 is 5.32 Å². The Labute approximate surface area is 94.9 Å². The van der Waals surface area contributed by atoms with Gasteiger partial charge >= 0.3 is 0 Å². The van der Waals surface area contributed by atoms with E-state index >= 15 is 0 Å². The molecule has 4 heteroatoms. The van der Waals surface area contributed by atoms with Crippen molar-refractivity contribution in [1.29, 1.82) is 0 Å². The highest BCUT2D eigenvalue weighted by Crippen LogP contribution is 2.12. The van der Waals surface area contributed by atoms with Crippen molar-refractivity contribution in [2.75, 3.05) is 6.61 Å². The number of benzene rings is 1. The molecule has 16 heavy (non-hydrogen) atoms. The monoisotopic (exact) mass is 223 g/mol. The summed E-state index contributed by atoms with van der Waals surface area (Å²) in [5, 5.41) is 21.1. The second-order valence-electron chi connectivity index (χ2n) is 3.74. The summed E-state index contributed by atoms with van der Waals surface area (Å²) in [6.45, 7) is 1.80. The van der Waals surface area contributed by atoms with E-state index in [9.17, 15) is 9.90 Å². The number of carbonyl (C=O) groups excluding carboxylic acids is 1. The fourth-order valence-electron chi connectivity index (χ4n) is 1.37. The number of aliphatic hydroxyl groups excluding tert-OH is 2. The minimum atomic E-state index is -1.15. The van der Waals surface area contributed by atoms with E-state index in [0.717, 1.165) is 0 Å². The Balaban J connectivity index is 2.55. The largest absolute Gasteiger partial charge is 0.396 e. The van der Waals surface area contributed by atoms with Crippen LogP contribution in [0.15, 0.2) is 30.3 Å². The van der Waals surface area contributed by atoms with Crippen molar-refractivity contribution in [3.8, 4) is 0 Å². The third kappa shape index (κ3) is 3.64. The number of amides is 1. The first kappa shape index (κ1) is 12.7. The Morgan fingerprint density at radius 2 is 2.00 bits per heavy atom. The van der Waals surface area contributed by atoms with E-state index in [1.807, 2.05) is 6.07 Å². The molecule has 0 fully saturated rings. The van der Waals surface area contributed by atoms with Crippen molar-refractivity contribution < 1.29 is 15.0 Å². The zero-order valence-electron chi connectivity index (χ0n) is 9.26. The lowest BCUT2D eigenvalue weighted by Crippen LogP contribution is -2.36. The summed E-state index contributed by atoms with van der Waals surface area (Å²) in [7, 11) is 0. The number of aliphatic hydroxyl groups is 2. The lowest BCUT2D eigenvalue weighted by atomic mass is 10.1. The lowest BCUT2D eigenvalue weighted by molar-refractivity contribution is -0.130. The molecule has 0 aliphatic carbocycles. The predicted octanol–water partition coefficient (Wildman–Crippen LogP) is 0.607. The van der Waals surface area contributed by atoms with E-state index in [1.165, 1.54) is 0 Å². The molecule has 0 saturated carbocycles. The Morgan fingerprint density at radius 3 is 2.56 bits per heavy atom. The molecular formula is C12H17NO3.